The highest BCUT2D eigenvalue weighted by Gasteiger charge is 2.34. The normalized spacial score (nSPS) is 27.2. The molecule has 2 aliphatic rings. The summed E-state index contributed by atoms with van der Waals surface area (Å²) in [7, 11) is 1.75. The molecule has 1 N–H and O–H groups in total. The summed E-state index contributed by atoms with van der Waals surface area (Å²) in [4.78, 5) is 2.67. The van der Waals surface area contributed by atoms with E-state index in [4.69, 9.17) is 21.1 Å². The van der Waals surface area contributed by atoms with Gasteiger partial charge in [0.2, 0.25) is 0 Å². The smallest absolute Gasteiger partial charge is 0.0935 e. The van der Waals surface area contributed by atoms with E-state index in [-0.39, 0.29) is 6.10 Å². The van der Waals surface area contributed by atoms with E-state index in [1.54, 1.807) is 7.11 Å². The predicted molar refractivity (Wildman–Crippen MR) is 93.2 cm³/mol. The van der Waals surface area contributed by atoms with E-state index in [0.29, 0.717) is 18.7 Å². The van der Waals surface area contributed by atoms with E-state index in [9.17, 15) is 0 Å². The zero-order valence-electron chi connectivity index (χ0n) is 13.8. The number of nitrogens with zero attached hydrogens (tertiary/aromatic N) is 1. The van der Waals surface area contributed by atoms with Gasteiger partial charge in [-0.1, -0.05) is 23.7 Å². The number of methoxy groups -OCH3 is 1. The van der Waals surface area contributed by atoms with Gasteiger partial charge in [-0.15, -0.1) is 0 Å². The lowest BCUT2D eigenvalue weighted by Crippen LogP contribution is -2.57. The Morgan fingerprint density at radius 2 is 2.00 bits per heavy atom. The van der Waals surface area contributed by atoms with Crippen molar-refractivity contribution in [1.29, 1.82) is 0 Å². The van der Waals surface area contributed by atoms with Crippen molar-refractivity contribution in [2.45, 2.75) is 37.5 Å². The van der Waals surface area contributed by atoms with E-state index < -0.39 is 0 Å². The summed E-state index contributed by atoms with van der Waals surface area (Å²) in [6.07, 6.45) is 3.64. The molecule has 2 heterocycles. The fraction of sp³-hybridized carbons (Fsp3) is 0.667. The third kappa shape index (κ3) is 4.68. The van der Waals surface area contributed by atoms with Crippen LogP contribution in [-0.2, 0) is 15.9 Å². The Balaban J connectivity index is 1.68. The fourth-order valence-corrected chi connectivity index (χ4v) is 3.85. The summed E-state index contributed by atoms with van der Waals surface area (Å²) in [5.41, 5.74) is 1.33. The Bertz CT molecular complexity index is 476. The molecule has 0 spiro atoms. The van der Waals surface area contributed by atoms with E-state index in [2.05, 4.69) is 22.3 Å². The molecule has 2 fully saturated rings. The van der Waals surface area contributed by atoms with Gasteiger partial charge in [-0.05, 0) is 50.0 Å². The second-order valence-electron chi connectivity index (χ2n) is 6.57. The van der Waals surface area contributed by atoms with Crippen molar-refractivity contribution in [2.75, 3.05) is 40.0 Å². The fourth-order valence-electron chi connectivity index (χ4n) is 3.72. The van der Waals surface area contributed by atoms with Gasteiger partial charge in [-0.25, -0.2) is 0 Å². The van der Waals surface area contributed by atoms with E-state index in [0.717, 1.165) is 37.7 Å². The number of rotatable bonds is 5. The molecule has 0 radical (unpaired) electrons. The largest absolute Gasteiger partial charge is 0.382 e. The van der Waals surface area contributed by atoms with Crippen LogP contribution in [0.25, 0.3) is 0 Å². The average molecular weight is 339 g/mol. The summed E-state index contributed by atoms with van der Waals surface area (Å²) >= 11 is 6.00. The van der Waals surface area contributed by atoms with Gasteiger partial charge < -0.3 is 14.8 Å². The van der Waals surface area contributed by atoms with Crippen LogP contribution in [0.15, 0.2) is 24.3 Å². The molecule has 0 aromatic heterocycles. The van der Waals surface area contributed by atoms with Crippen LogP contribution >= 0.6 is 11.6 Å². The van der Waals surface area contributed by atoms with Crippen LogP contribution in [0.5, 0.6) is 0 Å². The zero-order chi connectivity index (χ0) is 16.1. The van der Waals surface area contributed by atoms with Gasteiger partial charge in [0.15, 0.2) is 0 Å². The lowest BCUT2D eigenvalue weighted by atomic mass is 9.97. The van der Waals surface area contributed by atoms with Crippen LogP contribution < -0.4 is 5.32 Å². The maximum atomic E-state index is 6.04. The quantitative estimate of drug-likeness (QED) is 0.893. The molecule has 1 aromatic carbocycles. The number of ether oxygens (including phenoxy) is 2. The lowest BCUT2D eigenvalue weighted by molar-refractivity contribution is -0.103. The molecule has 1 unspecified atom stereocenters. The number of morpholine rings is 1. The van der Waals surface area contributed by atoms with Crippen LogP contribution in [-0.4, -0.2) is 63.0 Å². The van der Waals surface area contributed by atoms with Crippen molar-refractivity contribution in [3.63, 3.8) is 0 Å². The van der Waals surface area contributed by atoms with Crippen LogP contribution in [0.2, 0.25) is 5.02 Å². The first-order valence-corrected chi connectivity index (χ1v) is 8.95. The molecule has 2 aliphatic heterocycles. The van der Waals surface area contributed by atoms with Gasteiger partial charge in [-0.2, -0.15) is 0 Å². The molecule has 0 bridgehead atoms. The first kappa shape index (κ1) is 17.2. The molecule has 5 heteroatoms. The standard InChI is InChI=1S/C18H27ClN2O2/c1-22-13-18-11-21(16-6-8-20-9-7-16)17(12-23-18)10-14-2-4-15(19)5-3-14/h2-5,16-18,20H,6-13H2,1H3/t17?,18-/m1/s1. The predicted octanol–water partition coefficient (Wildman–Crippen LogP) is 2.35. The van der Waals surface area contributed by atoms with Crippen molar-refractivity contribution >= 4 is 11.6 Å². The molecule has 23 heavy (non-hydrogen) atoms. The average Bonchev–Trinajstić information content (AvgIpc) is 2.59. The maximum Gasteiger partial charge on any atom is 0.0935 e. The molecule has 3 rings (SSSR count). The number of benzene rings is 1. The molecule has 2 atom stereocenters. The number of piperidine rings is 1. The summed E-state index contributed by atoms with van der Waals surface area (Å²) < 4.78 is 11.3. The minimum absolute atomic E-state index is 0.191. The molecule has 0 saturated carbocycles. The molecule has 128 valence electrons. The number of nitrogens with one attached hydrogen (secondary N) is 1. The maximum absolute atomic E-state index is 6.04. The van der Waals surface area contributed by atoms with Gasteiger partial charge in [0.05, 0.1) is 19.3 Å². The van der Waals surface area contributed by atoms with Crippen molar-refractivity contribution < 1.29 is 9.47 Å². The van der Waals surface area contributed by atoms with E-state index in [1.165, 1.54) is 18.4 Å². The highest BCUT2D eigenvalue weighted by atomic mass is 35.5. The Labute approximate surface area is 144 Å². The van der Waals surface area contributed by atoms with Crippen molar-refractivity contribution in [3.8, 4) is 0 Å². The minimum Gasteiger partial charge on any atom is -0.382 e. The minimum atomic E-state index is 0.191. The van der Waals surface area contributed by atoms with Crippen LogP contribution in [0, 0.1) is 0 Å². The second-order valence-corrected chi connectivity index (χ2v) is 7.01. The number of halogens is 1. The van der Waals surface area contributed by atoms with Crippen LogP contribution in [0.3, 0.4) is 0 Å². The van der Waals surface area contributed by atoms with Crippen molar-refractivity contribution in [3.05, 3.63) is 34.9 Å². The SMILES string of the molecule is COC[C@H]1CN(C2CCNCC2)C(Cc2ccc(Cl)cc2)CO1. The molecule has 0 amide bonds. The Morgan fingerprint density at radius 3 is 2.70 bits per heavy atom. The van der Waals surface area contributed by atoms with Gasteiger partial charge in [0, 0.05) is 30.8 Å². The third-order valence-corrected chi connectivity index (χ3v) is 5.17. The van der Waals surface area contributed by atoms with Gasteiger partial charge in [-0.3, -0.25) is 4.90 Å². The van der Waals surface area contributed by atoms with Gasteiger partial charge in [0.25, 0.3) is 0 Å². The molecule has 2 saturated heterocycles. The van der Waals surface area contributed by atoms with Gasteiger partial charge >= 0.3 is 0 Å². The van der Waals surface area contributed by atoms with Crippen LogP contribution in [0.1, 0.15) is 18.4 Å². The monoisotopic (exact) mass is 338 g/mol. The Hall–Kier alpha value is -0.650. The topological polar surface area (TPSA) is 33.7 Å². The molecular formula is C18H27ClN2O2. The lowest BCUT2D eigenvalue weighted by Gasteiger charge is -2.45. The third-order valence-electron chi connectivity index (χ3n) is 4.92. The summed E-state index contributed by atoms with van der Waals surface area (Å²) in [5.74, 6) is 0. The molecule has 1 aromatic rings. The Morgan fingerprint density at radius 1 is 1.26 bits per heavy atom. The first-order valence-electron chi connectivity index (χ1n) is 8.57. The summed E-state index contributed by atoms with van der Waals surface area (Å²) in [6, 6.07) is 9.30. The van der Waals surface area contributed by atoms with Crippen molar-refractivity contribution in [1.82, 2.24) is 10.2 Å². The summed E-state index contributed by atoms with van der Waals surface area (Å²) in [6.45, 7) is 4.65. The van der Waals surface area contributed by atoms with Crippen molar-refractivity contribution in [2.24, 2.45) is 0 Å². The number of hydrogen-bond donors (Lipinski definition) is 1. The summed E-state index contributed by atoms with van der Waals surface area (Å²) in [5, 5.41) is 4.26. The highest BCUT2D eigenvalue weighted by Crippen LogP contribution is 2.24. The zero-order valence-corrected chi connectivity index (χ0v) is 14.6. The van der Waals surface area contributed by atoms with E-state index in [1.807, 2.05) is 12.1 Å². The molecular weight excluding hydrogens is 312 g/mol. The molecule has 4 nitrogen and oxygen atoms in total. The van der Waals surface area contributed by atoms with Crippen LogP contribution in [0.4, 0.5) is 0 Å². The van der Waals surface area contributed by atoms with E-state index >= 15 is 0 Å². The highest BCUT2D eigenvalue weighted by molar-refractivity contribution is 6.30. The first-order chi connectivity index (χ1) is 11.3. The number of hydrogen-bond acceptors (Lipinski definition) is 4. The second kappa shape index (κ2) is 8.45. The van der Waals surface area contributed by atoms with Gasteiger partial charge in [0.1, 0.15) is 0 Å². The molecule has 0 aliphatic carbocycles. The Kier molecular flexibility index (Phi) is 6.31.